The lowest BCUT2D eigenvalue weighted by Crippen LogP contribution is -2.30. The third-order valence-corrected chi connectivity index (χ3v) is 1.21. The summed E-state index contributed by atoms with van der Waals surface area (Å²) in [5.41, 5.74) is -2.40. The van der Waals surface area contributed by atoms with Crippen LogP contribution in [0.3, 0.4) is 0 Å². The number of aromatic nitrogens is 1. The van der Waals surface area contributed by atoms with E-state index in [1.165, 1.54) is 12.1 Å². The van der Waals surface area contributed by atoms with Crippen LogP contribution in [0.25, 0.3) is 0 Å². The summed E-state index contributed by atoms with van der Waals surface area (Å²) >= 11 is 0. The number of pyridine rings is 1. The molecule has 0 fully saturated rings. The average molecular weight is 174 g/mol. The number of carbonyl (C=O) groups excluding carboxylic acids is 1. The SMILES string of the molecule is O=C(c1ccccn1)[B-](F)(F)F. The first-order valence-electron chi connectivity index (χ1n) is 3.17. The van der Waals surface area contributed by atoms with E-state index in [0.717, 1.165) is 12.3 Å². The standard InChI is InChI=1S/C6H4BF3NO/c8-7(9,10)6(12)5-3-1-2-4-11-5/h1-4H/q-1. The maximum atomic E-state index is 11.8. The van der Waals surface area contributed by atoms with Gasteiger partial charge in [0.05, 0.1) is 5.69 Å². The van der Waals surface area contributed by atoms with Gasteiger partial charge in [0.1, 0.15) is 5.68 Å². The minimum atomic E-state index is -5.45. The highest BCUT2D eigenvalue weighted by atomic mass is 19.4. The second-order valence-corrected chi connectivity index (χ2v) is 2.15. The summed E-state index contributed by atoms with van der Waals surface area (Å²) in [5.74, 6) is 0. The van der Waals surface area contributed by atoms with Crippen molar-refractivity contribution in [2.75, 3.05) is 0 Å². The first-order valence-corrected chi connectivity index (χ1v) is 3.17. The molecule has 0 aliphatic rings. The van der Waals surface area contributed by atoms with Crippen molar-refractivity contribution in [3.63, 3.8) is 0 Å². The number of carbonyl (C=O) groups is 1. The summed E-state index contributed by atoms with van der Waals surface area (Å²) in [6, 6.07) is 3.82. The van der Waals surface area contributed by atoms with Crippen LogP contribution in [0.4, 0.5) is 12.9 Å². The van der Waals surface area contributed by atoms with E-state index in [4.69, 9.17) is 0 Å². The molecule has 0 aliphatic carbocycles. The predicted octanol–water partition coefficient (Wildman–Crippen LogP) is 1.65. The zero-order chi connectivity index (χ0) is 9.19. The van der Waals surface area contributed by atoms with Gasteiger partial charge in [-0.05, 0) is 12.1 Å². The van der Waals surface area contributed by atoms with E-state index in [2.05, 4.69) is 4.98 Å². The Labute approximate surface area is 66.5 Å². The molecule has 0 saturated heterocycles. The third-order valence-electron chi connectivity index (χ3n) is 1.21. The van der Waals surface area contributed by atoms with Gasteiger partial charge in [0.2, 0.25) is 0 Å². The van der Waals surface area contributed by atoms with E-state index >= 15 is 0 Å². The zero-order valence-electron chi connectivity index (χ0n) is 5.88. The van der Waals surface area contributed by atoms with Crippen molar-refractivity contribution in [1.29, 1.82) is 0 Å². The first kappa shape index (κ1) is 8.77. The van der Waals surface area contributed by atoms with Gasteiger partial charge in [-0.1, -0.05) is 6.07 Å². The summed E-state index contributed by atoms with van der Waals surface area (Å²) in [6.07, 6.45) is 1.15. The lowest BCUT2D eigenvalue weighted by molar-refractivity contribution is 0.102. The molecule has 0 aliphatic heterocycles. The van der Waals surface area contributed by atoms with Crippen LogP contribution in [0, 0.1) is 0 Å². The van der Waals surface area contributed by atoms with Gasteiger partial charge in [-0.25, -0.2) is 0 Å². The Kier molecular flexibility index (Phi) is 2.17. The van der Waals surface area contributed by atoms with Gasteiger partial charge < -0.3 is 17.7 Å². The van der Waals surface area contributed by atoms with Crippen molar-refractivity contribution in [2.24, 2.45) is 0 Å². The minimum absolute atomic E-state index is 0.551. The molecule has 0 bridgehead atoms. The maximum absolute atomic E-state index is 11.8. The van der Waals surface area contributed by atoms with Crippen LogP contribution in [-0.4, -0.2) is 17.6 Å². The topological polar surface area (TPSA) is 30.0 Å². The fourth-order valence-electron chi connectivity index (χ4n) is 0.676. The molecular formula is C6H4BF3NO-. The second-order valence-electron chi connectivity index (χ2n) is 2.15. The van der Waals surface area contributed by atoms with Crippen LogP contribution in [0.1, 0.15) is 10.5 Å². The monoisotopic (exact) mass is 174 g/mol. The molecule has 0 amide bonds. The van der Waals surface area contributed by atoms with E-state index in [-0.39, 0.29) is 0 Å². The lowest BCUT2D eigenvalue weighted by atomic mass is 9.82. The Morgan fingerprint density at radius 1 is 1.33 bits per heavy atom. The number of hydrogen-bond donors (Lipinski definition) is 0. The van der Waals surface area contributed by atoms with Gasteiger partial charge >= 0.3 is 6.98 Å². The zero-order valence-corrected chi connectivity index (χ0v) is 5.88. The summed E-state index contributed by atoms with van der Waals surface area (Å²) in [5, 5.41) is 0. The van der Waals surface area contributed by atoms with Crippen LogP contribution in [0.2, 0.25) is 0 Å². The van der Waals surface area contributed by atoms with Crippen molar-refractivity contribution in [1.82, 2.24) is 4.98 Å². The Hall–Kier alpha value is -1.33. The lowest BCUT2D eigenvalue weighted by Gasteiger charge is -2.10. The molecule has 0 saturated carbocycles. The van der Waals surface area contributed by atoms with E-state index in [1.807, 2.05) is 0 Å². The second kappa shape index (κ2) is 2.96. The van der Waals surface area contributed by atoms with Gasteiger partial charge in [-0.15, -0.1) is 0 Å². The van der Waals surface area contributed by atoms with E-state index in [0.29, 0.717) is 0 Å². The van der Waals surface area contributed by atoms with Gasteiger partial charge in [0.25, 0.3) is 0 Å². The Bertz CT molecular complexity index is 285. The fourth-order valence-corrected chi connectivity index (χ4v) is 0.676. The normalized spacial score (nSPS) is 11.2. The smallest absolute Gasteiger partial charge is 0.443 e. The molecule has 1 aromatic heterocycles. The number of nitrogens with zero attached hydrogens (tertiary/aromatic N) is 1. The summed E-state index contributed by atoms with van der Waals surface area (Å²) in [4.78, 5) is 13.8. The molecule has 64 valence electrons. The molecule has 0 spiro atoms. The quantitative estimate of drug-likeness (QED) is 0.637. The molecule has 1 aromatic rings. The average Bonchev–Trinajstić information content (AvgIpc) is 2.03. The van der Waals surface area contributed by atoms with Gasteiger partial charge in [-0.2, -0.15) is 0 Å². The Morgan fingerprint density at radius 3 is 2.42 bits per heavy atom. The third kappa shape index (κ3) is 1.84. The molecule has 0 N–H and O–H groups in total. The van der Waals surface area contributed by atoms with Crippen LogP contribution in [0.15, 0.2) is 24.4 Å². The molecule has 0 atom stereocenters. The first-order chi connectivity index (χ1) is 5.52. The van der Waals surface area contributed by atoms with Crippen LogP contribution < -0.4 is 0 Å². The number of hydrogen-bond acceptors (Lipinski definition) is 2. The van der Waals surface area contributed by atoms with Crippen molar-refractivity contribution in [2.45, 2.75) is 0 Å². The van der Waals surface area contributed by atoms with Crippen molar-refractivity contribution in [3.05, 3.63) is 30.1 Å². The Morgan fingerprint density at radius 2 is 2.00 bits per heavy atom. The van der Waals surface area contributed by atoms with Gasteiger partial charge in [0, 0.05) is 6.20 Å². The van der Waals surface area contributed by atoms with E-state index in [1.54, 1.807) is 0 Å². The van der Waals surface area contributed by atoms with Crippen molar-refractivity contribution < 1.29 is 17.7 Å². The Balaban J connectivity index is 2.94. The molecule has 1 heterocycles. The highest BCUT2D eigenvalue weighted by molar-refractivity contribution is 6.93. The minimum Gasteiger partial charge on any atom is -0.443 e. The van der Waals surface area contributed by atoms with Gasteiger partial charge in [0.15, 0.2) is 0 Å². The number of halogens is 3. The molecule has 0 radical (unpaired) electrons. The molecule has 1 rings (SSSR count). The molecule has 12 heavy (non-hydrogen) atoms. The molecule has 6 heteroatoms. The largest absolute Gasteiger partial charge is 0.551 e. The maximum Gasteiger partial charge on any atom is 0.551 e. The van der Waals surface area contributed by atoms with E-state index in [9.17, 15) is 17.7 Å². The molecule has 2 nitrogen and oxygen atoms in total. The van der Waals surface area contributed by atoms with Gasteiger partial charge in [-0.3, -0.25) is 4.98 Å². The molecule has 0 unspecified atom stereocenters. The highest BCUT2D eigenvalue weighted by Gasteiger charge is 2.34. The van der Waals surface area contributed by atoms with Crippen molar-refractivity contribution >= 4 is 12.7 Å². The van der Waals surface area contributed by atoms with Crippen LogP contribution in [-0.2, 0) is 0 Å². The highest BCUT2D eigenvalue weighted by Crippen LogP contribution is 2.14. The number of rotatable bonds is 2. The molecular weight excluding hydrogens is 170 g/mol. The van der Waals surface area contributed by atoms with Crippen LogP contribution >= 0.6 is 0 Å². The van der Waals surface area contributed by atoms with E-state index < -0.39 is 18.4 Å². The summed E-state index contributed by atoms with van der Waals surface area (Å²) < 4.78 is 35.4. The van der Waals surface area contributed by atoms with Crippen molar-refractivity contribution in [3.8, 4) is 0 Å². The predicted molar refractivity (Wildman–Crippen MR) is 37.6 cm³/mol. The van der Waals surface area contributed by atoms with Crippen LogP contribution in [0.5, 0.6) is 0 Å². The summed E-state index contributed by atoms with van der Waals surface area (Å²) in [7, 11) is 0. The fraction of sp³-hybridized carbons (Fsp3) is 0. The molecule has 0 aromatic carbocycles. The summed E-state index contributed by atoms with van der Waals surface area (Å²) in [6.45, 7) is -5.45.